The number of anilines is 2. The van der Waals surface area contributed by atoms with Gasteiger partial charge in [0, 0.05) is 54.9 Å². The number of fused-ring (bicyclic) bond motifs is 1. The summed E-state index contributed by atoms with van der Waals surface area (Å²) in [4.78, 5) is 28.1. The van der Waals surface area contributed by atoms with E-state index in [2.05, 4.69) is 21.4 Å². The van der Waals surface area contributed by atoms with Gasteiger partial charge in [0.05, 0.1) is 36.1 Å². The minimum absolute atomic E-state index is 0.149. The molecule has 1 atom stereocenters. The number of rotatable bonds is 7. The molecule has 3 aromatic rings. The summed E-state index contributed by atoms with van der Waals surface area (Å²) >= 11 is 0. The molecule has 32 heavy (non-hydrogen) atoms. The zero-order chi connectivity index (χ0) is 22.7. The van der Waals surface area contributed by atoms with Gasteiger partial charge in [0.25, 0.3) is 5.91 Å². The van der Waals surface area contributed by atoms with Crippen molar-refractivity contribution in [3.8, 4) is 5.75 Å². The van der Waals surface area contributed by atoms with Crippen molar-refractivity contribution >= 4 is 40.1 Å². The van der Waals surface area contributed by atoms with Gasteiger partial charge in [-0.25, -0.2) is 4.98 Å². The lowest BCUT2D eigenvalue weighted by Gasteiger charge is -2.25. The summed E-state index contributed by atoms with van der Waals surface area (Å²) in [5.41, 5.74) is 11.5. The lowest BCUT2D eigenvalue weighted by molar-refractivity contribution is 0.0962. The molecule has 0 fully saturated rings. The Morgan fingerprint density at radius 2 is 2.03 bits per heavy atom. The third kappa shape index (κ3) is 4.31. The molecule has 1 aliphatic rings. The molecule has 2 heterocycles. The van der Waals surface area contributed by atoms with Crippen LogP contribution in [0.15, 0.2) is 53.7 Å². The number of nitrogens with one attached hydrogen (secondary N) is 1. The van der Waals surface area contributed by atoms with Crippen molar-refractivity contribution in [2.75, 3.05) is 32.1 Å². The average Bonchev–Trinajstić information content (AvgIpc) is 3.27. The molecule has 3 N–H and O–H groups in total. The maximum atomic E-state index is 12.3. The van der Waals surface area contributed by atoms with Gasteiger partial charge >= 0.3 is 0 Å². The minimum atomic E-state index is -0.187. The quantitative estimate of drug-likeness (QED) is 0.597. The third-order valence-electron chi connectivity index (χ3n) is 5.28. The molecule has 0 saturated heterocycles. The van der Waals surface area contributed by atoms with Gasteiger partial charge in [-0.15, -0.1) is 0 Å². The zero-order valence-corrected chi connectivity index (χ0v) is 18.4. The topological polar surface area (TPSA) is 106 Å². The number of aromatic nitrogens is 2. The van der Waals surface area contributed by atoms with E-state index in [9.17, 15) is 4.79 Å². The van der Waals surface area contributed by atoms with Crippen molar-refractivity contribution in [1.29, 1.82) is 0 Å². The summed E-state index contributed by atoms with van der Waals surface area (Å²) in [6, 6.07) is 11.5. The molecule has 8 nitrogen and oxygen atoms in total. The van der Waals surface area contributed by atoms with Gasteiger partial charge in [-0.05, 0) is 43.3 Å². The Hall–Kier alpha value is -3.78. The summed E-state index contributed by atoms with van der Waals surface area (Å²) in [5, 5.41) is 2.66. The van der Waals surface area contributed by atoms with Crippen molar-refractivity contribution in [2.45, 2.75) is 13.0 Å². The Kier molecular flexibility index (Phi) is 6.13. The molecule has 0 radical (unpaired) electrons. The number of ether oxygens (including phenoxy) is 1. The second-order valence-electron chi connectivity index (χ2n) is 7.51. The lowest BCUT2D eigenvalue weighted by Crippen LogP contribution is -2.25. The first-order valence-electron chi connectivity index (χ1n) is 10.4. The van der Waals surface area contributed by atoms with Crippen molar-refractivity contribution in [1.82, 2.24) is 15.3 Å². The second-order valence-corrected chi connectivity index (χ2v) is 7.51. The summed E-state index contributed by atoms with van der Waals surface area (Å²) in [5.74, 6) is 0.403. The fourth-order valence-electron chi connectivity index (χ4n) is 3.67. The maximum Gasteiger partial charge on any atom is 0.251 e. The van der Waals surface area contributed by atoms with Gasteiger partial charge in [-0.2, -0.15) is 0 Å². The van der Waals surface area contributed by atoms with Crippen LogP contribution in [-0.2, 0) is 0 Å². The highest BCUT2D eigenvalue weighted by atomic mass is 16.5. The van der Waals surface area contributed by atoms with Crippen LogP contribution in [0.1, 0.15) is 23.0 Å². The van der Waals surface area contributed by atoms with Gasteiger partial charge in [-0.3, -0.25) is 14.8 Å². The number of methoxy groups -OCH3 is 1. The molecule has 1 unspecified atom stereocenters. The maximum absolute atomic E-state index is 12.3. The van der Waals surface area contributed by atoms with Crippen LogP contribution in [0.25, 0.3) is 16.6 Å². The SMILES string of the molecule is CNC(=O)c1cc(OC)cc(N(CCN)c2ccc3ncc(C4=CC(C)N=C4)nc3c2)c1. The van der Waals surface area contributed by atoms with Crippen LogP contribution < -0.4 is 20.7 Å². The number of benzene rings is 2. The highest BCUT2D eigenvalue weighted by Crippen LogP contribution is 2.31. The largest absolute Gasteiger partial charge is 0.497 e. The Labute approximate surface area is 186 Å². The van der Waals surface area contributed by atoms with Crippen LogP contribution >= 0.6 is 0 Å². The van der Waals surface area contributed by atoms with E-state index in [1.165, 1.54) is 0 Å². The number of allylic oxidation sites excluding steroid dienone is 1. The first-order valence-corrected chi connectivity index (χ1v) is 10.4. The molecular weight excluding hydrogens is 404 g/mol. The molecule has 0 spiro atoms. The number of nitrogens with zero attached hydrogens (tertiary/aromatic N) is 4. The molecule has 164 valence electrons. The van der Waals surface area contributed by atoms with Crippen LogP contribution in [0.4, 0.5) is 11.4 Å². The van der Waals surface area contributed by atoms with E-state index in [0.29, 0.717) is 24.4 Å². The normalized spacial score (nSPS) is 15.0. The molecule has 8 heteroatoms. The molecule has 2 aromatic carbocycles. The van der Waals surface area contributed by atoms with E-state index in [1.54, 1.807) is 26.4 Å². The fraction of sp³-hybridized carbons (Fsp3) is 0.250. The summed E-state index contributed by atoms with van der Waals surface area (Å²) in [7, 11) is 3.18. The van der Waals surface area contributed by atoms with Crippen molar-refractivity contribution < 1.29 is 9.53 Å². The number of nitrogens with two attached hydrogens (primary N) is 1. The van der Waals surface area contributed by atoms with Crippen LogP contribution in [0, 0.1) is 0 Å². The summed E-state index contributed by atoms with van der Waals surface area (Å²) in [6.07, 6.45) is 5.67. The number of hydrogen-bond acceptors (Lipinski definition) is 7. The van der Waals surface area contributed by atoms with Crippen LogP contribution in [-0.4, -0.2) is 55.4 Å². The van der Waals surface area contributed by atoms with Crippen molar-refractivity contribution in [3.63, 3.8) is 0 Å². The number of carbonyl (C=O) groups excluding carboxylic acids is 1. The Morgan fingerprint density at radius 1 is 1.19 bits per heavy atom. The lowest BCUT2D eigenvalue weighted by atomic mass is 10.1. The number of amides is 1. The summed E-state index contributed by atoms with van der Waals surface area (Å²) < 4.78 is 5.43. The second kappa shape index (κ2) is 9.15. The van der Waals surface area contributed by atoms with Crippen LogP contribution in [0.2, 0.25) is 0 Å². The number of carbonyl (C=O) groups is 1. The van der Waals surface area contributed by atoms with Gasteiger partial charge in [0.1, 0.15) is 5.75 Å². The number of hydrogen-bond donors (Lipinski definition) is 2. The molecule has 0 aliphatic carbocycles. The minimum Gasteiger partial charge on any atom is -0.497 e. The van der Waals surface area contributed by atoms with Gasteiger partial charge in [-0.1, -0.05) is 0 Å². The van der Waals surface area contributed by atoms with Gasteiger partial charge < -0.3 is 20.7 Å². The standard InChI is InChI=1S/C24H26N6O2/c1-15-8-17(13-27-15)23-14-28-21-5-4-18(12-22(21)29-23)30(7-6-25)19-9-16(24(31)26-2)10-20(11-19)32-3/h4-5,8-15H,6-7,25H2,1-3H3,(H,26,31). The first-order chi connectivity index (χ1) is 15.5. The average molecular weight is 431 g/mol. The smallest absolute Gasteiger partial charge is 0.251 e. The van der Waals surface area contributed by atoms with E-state index in [-0.39, 0.29) is 11.9 Å². The van der Waals surface area contributed by atoms with E-state index < -0.39 is 0 Å². The van der Waals surface area contributed by atoms with Gasteiger partial charge in [0.15, 0.2) is 0 Å². The first kappa shape index (κ1) is 21.5. The predicted octanol–water partition coefficient (Wildman–Crippen LogP) is 2.95. The Morgan fingerprint density at radius 3 is 2.72 bits per heavy atom. The van der Waals surface area contributed by atoms with E-state index >= 15 is 0 Å². The zero-order valence-electron chi connectivity index (χ0n) is 18.4. The Bertz CT molecular complexity index is 1220. The third-order valence-corrected chi connectivity index (χ3v) is 5.28. The molecule has 1 aromatic heterocycles. The molecule has 1 aliphatic heterocycles. The van der Waals surface area contributed by atoms with E-state index in [0.717, 1.165) is 33.7 Å². The molecular formula is C24H26N6O2. The Balaban J connectivity index is 1.78. The molecule has 0 saturated carbocycles. The highest BCUT2D eigenvalue weighted by molar-refractivity contribution is 6.11. The predicted molar refractivity (Wildman–Crippen MR) is 128 cm³/mol. The van der Waals surface area contributed by atoms with E-state index in [1.807, 2.05) is 48.4 Å². The molecule has 1 amide bonds. The number of aliphatic imine (C=N–C) groups is 1. The monoisotopic (exact) mass is 430 g/mol. The van der Waals surface area contributed by atoms with Gasteiger partial charge in [0.2, 0.25) is 0 Å². The molecule has 0 bridgehead atoms. The molecule has 4 rings (SSSR count). The highest BCUT2D eigenvalue weighted by Gasteiger charge is 2.16. The van der Waals surface area contributed by atoms with Crippen molar-refractivity contribution in [3.05, 3.63) is 59.9 Å². The van der Waals surface area contributed by atoms with Crippen LogP contribution in [0.5, 0.6) is 5.75 Å². The van der Waals surface area contributed by atoms with Crippen molar-refractivity contribution in [2.24, 2.45) is 10.7 Å². The van der Waals surface area contributed by atoms with E-state index in [4.69, 9.17) is 15.5 Å². The van der Waals surface area contributed by atoms with Crippen LogP contribution in [0.3, 0.4) is 0 Å². The summed E-state index contributed by atoms with van der Waals surface area (Å²) in [6.45, 7) is 3.01. The fourth-order valence-corrected chi connectivity index (χ4v) is 3.67.